The number of carbonyl (C=O) groups is 1. The van der Waals surface area contributed by atoms with Crippen LogP contribution in [0.15, 0.2) is 88.8 Å². The number of hydrogen-bond donors (Lipinski definition) is 1. The largest absolute Gasteiger partial charge is 0.497 e. The van der Waals surface area contributed by atoms with Crippen LogP contribution >= 0.6 is 0 Å². The minimum atomic E-state index is -3.94. The summed E-state index contributed by atoms with van der Waals surface area (Å²) in [5, 5.41) is 9.70. The second kappa shape index (κ2) is 9.57. The zero-order valence-corrected chi connectivity index (χ0v) is 21.0. The molecule has 0 unspecified atom stereocenters. The van der Waals surface area contributed by atoms with E-state index in [-0.39, 0.29) is 21.6 Å². The number of methoxy groups -OCH3 is 2. The van der Waals surface area contributed by atoms with E-state index in [2.05, 4.69) is 10.1 Å². The smallest absolute Gasteiger partial charge is 0.360 e. The fourth-order valence-electron chi connectivity index (χ4n) is 4.09. The second-order valence-electron chi connectivity index (χ2n) is 8.15. The number of aromatic nitrogens is 4. The van der Waals surface area contributed by atoms with Crippen LogP contribution in [0, 0.1) is 0 Å². The lowest BCUT2D eigenvalue weighted by molar-refractivity contribution is 0.0595. The van der Waals surface area contributed by atoms with Gasteiger partial charge in [-0.1, -0.05) is 30.3 Å². The van der Waals surface area contributed by atoms with Gasteiger partial charge in [0, 0.05) is 5.56 Å². The number of rotatable bonds is 6. The number of primary sulfonamides is 1. The zero-order chi connectivity index (χ0) is 27.0. The quantitative estimate of drug-likeness (QED) is 0.329. The lowest BCUT2D eigenvalue weighted by Crippen LogP contribution is -2.21. The van der Waals surface area contributed by atoms with Crippen molar-refractivity contribution in [2.75, 3.05) is 14.2 Å². The molecule has 2 N–H and O–H groups in total. The molecule has 0 aliphatic heterocycles. The highest BCUT2D eigenvalue weighted by Gasteiger charge is 2.24. The summed E-state index contributed by atoms with van der Waals surface area (Å²) in [4.78, 5) is 30.4. The topological polar surface area (TPSA) is 148 Å². The molecule has 0 radical (unpaired) electrons. The van der Waals surface area contributed by atoms with Gasteiger partial charge in [-0.25, -0.2) is 28.0 Å². The molecule has 0 spiro atoms. The standard InChI is InChI=1S/C26H21N5O6S/c1-36-19-13-11-18(12-14-19)31-24-22(23(29-31)26(33)37-2)28-15-30(25(24)32)17-9-7-16(8-10-17)20-5-3-4-6-21(20)38(27,34)35/h3-15H,1-2H3,(H2,27,34,35). The maximum atomic E-state index is 13.7. The molecule has 2 heterocycles. The molecule has 2 aromatic heterocycles. The maximum Gasteiger partial charge on any atom is 0.360 e. The molecule has 0 saturated carbocycles. The molecule has 0 amide bonds. The lowest BCUT2D eigenvalue weighted by Gasteiger charge is -2.10. The summed E-state index contributed by atoms with van der Waals surface area (Å²) in [7, 11) is -1.18. The third-order valence-corrected chi connectivity index (χ3v) is 6.90. The first-order valence-electron chi connectivity index (χ1n) is 11.2. The van der Waals surface area contributed by atoms with Gasteiger partial charge in [0.25, 0.3) is 5.56 Å². The van der Waals surface area contributed by atoms with Crippen LogP contribution in [-0.4, -0.2) is 47.9 Å². The Balaban J connectivity index is 1.65. The molecular weight excluding hydrogens is 510 g/mol. The van der Waals surface area contributed by atoms with Crippen LogP contribution < -0.4 is 15.4 Å². The van der Waals surface area contributed by atoms with Gasteiger partial charge in [0.2, 0.25) is 10.0 Å². The molecule has 0 atom stereocenters. The first-order valence-corrected chi connectivity index (χ1v) is 12.7. The Bertz CT molecular complexity index is 1840. The van der Waals surface area contributed by atoms with E-state index in [1.807, 2.05) is 0 Å². The monoisotopic (exact) mass is 531 g/mol. The van der Waals surface area contributed by atoms with Crippen molar-refractivity contribution in [3.63, 3.8) is 0 Å². The number of nitrogens with zero attached hydrogens (tertiary/aromatic N) is 4. The van der Waals surface area contributed by atoms with E-state index in [0.29, 0.717) is 28.3 Å². The van der Waals surface area contributed by atoms with Gasteiger partial charge in [-0.15, -0.1) is 0 Å². The van der Waals surface area contributed by atoms with Crippen LogP contribution in [0.25, 0.3) is 33.5 Å². The molecule has 12 heteroatoms. The zero-order valence-electron chi connectivity index (χ0n) is 20.2. The summed E-state index contributed by atoms with van der Waals surface area (Å²) < 4.78 is 36.7. The molecule has 38 heavy (non-hydrogen) atoms. The van der Waals surface area contributed by atoms with Crippen molar-refractivity contribution in [2.45, 2.75) is 4.90 Å². The van der Waals surface area contributed by atoms with Crippen LogP contribution in [0.5, 0.6) is 5.75 Å². The van der Waals surface area contributed by atoms with Gasteiger partial charge in [0.1, 0.15) is 17.6 Å². The summed E-state index contributed by atoms with van der Waals surface area (Å²) in [6, 6.07) is 19.8. The lowest BCUT2D eigenvalue weighted by atomic mass is 10.1. The van der Waals surface area contributed by atoms with Gasteiger partial charge in [0.05, 0.1) is 30.5 Å². The minimum Gasteiger partial charge on any atom is -0.497 e. The molecule has 0 bridgehead atoms. The van der Waals surface area contributed by atoms with E-state index in [9.17, 15) is 18.0 Å². The summed E-state index contributed by atoms with van der Waals surface area (Å²) in [5.41, 5.74) is 1.58. The van der Waals surface area contributed by atoms with Crippen molar-refractivity contribution in [3.05, 3.63) is 95.2 Å². The Morgan fingerprint density at radius 2 is 1.58 bits per heavy atom. The summed E-state index contributed by atoms with van der Waals surface area (Å²) in [5.74, 6) is -0.122. The van der Waals surface area contributed by atoms with E-state index in [4.69, 9.17) is 14.6 Å². The molecule has 0 aliphatic carbocycles. The Hall–Kier alpha value is -4.81. The number of benzene rings is 3. The van der Waals surface area contributed by atoms with Crippen molar-refractivity contribution in [1.82, 2.24) is 19.3 Å². The van der Waals surface area contributed by atoms with Crippen molar-refractivity contribution in [1.29, 1.82) is 0 Å². The molecular formula is C26H21N5O6S. The highest BCUT2D eigenvalue weighted by atomic mass is 32.2. The highest BCUT2D eigenvalue weighted by Crippen LogP contribution is 2.27. The maximum absolute atomic E-state index is 13.7. The van der Waals surface area contributed by atoms with Crippen LogP contribution in [0.4, 0.5) is 0 Å². The third-order valence-electron chi connectivity index (χ3n) is 5.93. The van der Waals surface area contributed by atoms with E-state index < -0.39 is 21.6 Å². The Morgan fingerprint density at radius 3 is 2.21 bits per heavy atom. The fourth-order valence-corrected chi connectivity index (χ4v) is 4.85. The SMILES string of the molecule is COC(=O)c1nn(-c2ccc(OC)cc2)c2c(=O)n(-c3ccc(-c4ccccc4S(N)(=O)=O)cc3)cnc12. The van der Waals surface area contributed by atoms with Crippen molar-refractivity contribution < 1.29 is 22.7 Å². The molecule has 0 aliphatic rings. The number of carbonyl (C=O) groups excluding carboxylic acids is 1. The van der Waals surface area contributed by atoms with Gasteiger partial charge in [-0.3, -0.25) is 9.36 Å². The first-order chi connectivity index (χ1) is 18.2. The predicted molar refractivity (Wildman–Crippen MR) is 139 cm³/mol. The molecule has 5 rings (SSSR count). The second-order valence-corrected chi connectivity index (χ2v) is 9.68. The van der Waals surface area contributed by atoms with Gasteiger partial charge < -0.3 is 9.47 Å². The van der Waals surface area contributed by atoms with E-state index in [1.54, 1.807) is 66.7 Å². The number of fused-ring (bicyclic) bond motifs is 1. The Kier molecular flexibility index (Phi) is 6.27. The average Bonchev–Trinajstić information content (AvgIpc) is 3.33. The molecule has 11 nitrogen and oxygen atoms in total. The van der Waals surface area contributed by atoms with Crippen molar-refractivity contribution in [2.24, 2.45) is 5.14 Å². The van der Waals surface area contributed by atoms with Crippen LogP contribution in [0.1, 0.15) is 10.5 Å². The van der Waals surface area contributed by atoms with Gasteiger partial charge in [0.15, 0.2) is 11.2 Å². The first kappa shape index (κ1) is 24.9. The predicted octanol–water partition coefficient (Wildman–Crippen LogP) is 2.68. The van der Waals surface area contributed by atoms with E-state index in [0.717, 1.165) is 0 Å². The van der Waals surface area contributed by atoms with Crippen LogP contribution in [0.2, 0.25) is 0 Å². The van der Waals surface area contributed by atoms with E-state index >= 15 is 0 Å². The highest BCUT2D eigenvalue weighted by molar-refractivity contribution is 7.89. The third kappa shape index (κ3) is 4.31. The number of sulfonamides is 1. The number of hydrogen-bond acceptors (Lipinski definition) is 8. The normalized spacial score (nSPS) is 11.4. The van der Waals surface area contributed by atoms with E-state index in [1.165, 1.54) is 35.9 Å². The van der Waals surface area contributed by atoms with Crippen LogP contribution in [-0.2, 0) is 14.8 Å². The van der Waals surface area contributed by atoms with Crippen molar-refractivity contribution in [3.8, 4) is 28.3 Å². The molecule has 0 saturated heterocycles. The minimum absolute atomic E-state index is 0.00765. The number of nitrogens with two attached hydrogens (primary N) is 1. The summed E-state index contributed by atoms with van der Waals surface area (Å²) in [6.07, 6.45) is 1.30. The van der Waals surface area contributed by atoms with Gasteiger partial charge in [-0.05, 0) is 48.0 Å². The van der Waals surface area contributed by atoms with Gasteiger partial charge in [-0.2, -0.15) is 5.10 Å². The molecule has 5 aromatic rings. The summed E-state index contributed by atoms with van der Waals surface area (Å²) >= 11 is 0. The van der Waals surface area contributed by atoms with Gasteiger partial charge >= 0.3 is 5.97 Å². The Labute approximate surface area is 216 Å². The van der Waals surface area contributed by atoms with Crippen molar-refractivity contribution >= 4 is 27.0 Å². The van der Waals surface area contributed by atoms with Crippen LogP contribution in [0.3, 0.4) is 0 Å². The fraction of sp³-hybridized carbons (Fsp3) is 0.0769. The number of ether oxygens (including phenoxy) is 2. The summed E-state index contributed by atoms with van der Waals surface area (Å²) in [6.45, 7) is 0. The average molecular weight is 532 g/mol. The molecule has 0 fully saturated rings. The molecule has 192 valence electrons. The molecule has 3 aromatic carbocycles. The number of esters is 1. The Morgan fingerprint density at radius 1 is 0.921 bits per heavy atom.